The van der Waals surface area contributed by atoms with Crippen LogP contribution in [0.2, 0.25) is 10.0 Å². The van der Waals surface area contributed by atoms with Crippen LogP contribution in [0.25, 0.3) is 0 Å². The van der Waals surface area contributed by atoms with Gasteiger partial charge in [-0.3, -0.25) is 4.79 Å². The summed E-state index contributed by atoms with van der Waals surface area (Å²) < 4.78 is 0. The Kier molecular flexibility index (Phi) is 7.24. The summed E-state index contributed by atoms with van der Waals surface area (Å²) >= 11 is 12.0. The molecule has 1 amide bonds. The number of hydrogen-bond acceptors (Lipinski definition) is 3. The molecule has 1 aromatic carbocycles. The van der Waals surface area contributed by atoms with Gasteiger partial charge in [0, 0.05) is 19.3 Å². The van der Waals surface area contributed by atoms with E-state index in [2.05, 4.69) is 18.5 Å². The average Bonchev–Trinajstić information content (AvgIpc) is 2.49. The van der Waals surface area contributed by atoms with Crippen molar-refractivity contribution in [3.8, 4) is 6.07 Å². The van der Waals surface area contributed by atoms with Gasteiger partial charge in [-0.25, -0.2) is 0 Å². The van der Waals surface area contributed by atoms with Gasteiger partial charge in [0.25, 0.3) is 5.91 Å². The van der Waals surface area contributed by atoms with E-state index >= 15 is 0 Å². The molecule has 0 aliphatic heterocycles. The predicted octanol–water partition coefficient (Wildman–Crippen LogP) is 4.01. The molecule has 1 aromatic rings. The Hall–Kier alpha value is -2.22. The van der Waals surface area contributed by atoms with Crippen molar-refractivity contribution in [3.05, 3.63) is 65.3 Å². The topological polar surface area (TPSA) is 56.1 Å². The van der Waals surface area contributed by atoms with Crippen LogP contribution < -0.4 is 5.32 Å². The molecule has 0 unspecified atom stereocenters. The first-order chi connectivity index (χ1) is 10.5. The third kappa shape index (κ3) is 4.66. The third-order valence-corrected chi connectivity index (χ3v) is 3.29. The first-order valence-corrected chi connectivity index (χ1v) is 7.12. The van der Waals surface area contributed by atoms with Gasteiger partial charge in [-0.05, 0) is 12.1 Å². The van der Waals surface area contributed by atoms with Gasteiger partial charge in [0.2, 0.25) is 0 Å². The van der Waals surface area contributed by atoms with Crippen molar-refractivity contribution >= 4 is 34.8 Å². The largest absolute Gasteiger partial charge is 0.358 e. The summed E-state index contributed by atoms with van der Waals surface area (Å²) in [5, 5.41) is 12.8. The number of carbonyl (C=O) groups excluding carboxylic acids is 1. The molecule has 1 rings (SSSR count). The van der Waals surface area contributed by atoms with E-state index in [9.17, 15) is 10.1 Å². The first-order valence-electron chi connectivity index (χ1n) is 6.37. The number of amides is 1. The highest BCUT2D eigenvalue weighted by Crippen LogP contribution is 2.29. The third-order valence-electron chi connectivity index (χ3n) is 2.66. The second-order valence-electron chi connectivity index (χ2n) is 4.20. The molecule has 1 N–H and O–H groups in total. The Labute approximate surface area is 139 Å². The smallest absolute Gasteiger partial charge is 0.266 e. The molecule has 0 saturated carbocycles. The van der Waals surface area contributed by atoms with Gasteiger partial charge in [0.1, 0.15) is 11.6 Å². The molecule has 0 atom stereocenters. The Morgan fingerprint density at radius 3 is 2.27 bits per heavy atom. The van der Waals surface area contributed by atoms with Gasteiger partial charge >= 0.3 is 0 Å². The molecule has 0 fully saturated rings. The highest BCUT2D eigenvalue weighted by molar-refractivity contribution is 6.39. The van der Waals surface area contributed by atoms with Crippen molar-refractivity contribution in [3.63, 3.8) is 0 Å². The average molecular weight is 336 g/mol. The van der Waals surface area contributed by atoms with Crippen LogP contribution in [-0.4, -0.2) is 23.9 Å². The minimum Gasteiger partial charge on any atom is -0.358 e. The number of benzene rings is 1. The number of nitriles is 1. The molecule has 0 aliphatic carbocycles. The van der Waals surface area contributed by atoms with E-state index in [0.29, 0.717) is 28.8 Å². The fraction of sp³-hybridized carbons (Fsp3) is 0.125. The van der Waals surface area contributed by atoms with E-state index in [4.69, 9.17) is 23.2 Å². The van der Waals surface area contributed by atoms with E-state index in [1.54, 1.807) is 30.4 Å². The molecule has 0 saturated heterocycles. The normalized spacial score (nSPS) is 10.5. The standard InChI is InChI=1S/C16H15Cl2N3O/c1-3-8-21(9-4-2)16(22)12(10-19)11-20-15-13(17)6-5-7-14(15)18/h3-7,11,20H,1-2,8-9H2/b12-11-. The lowest BCUT2D eigenvalue weighted by atomic mass is 10.2. The number of hydrogen-bond donors (Lipinski definition) is 1. The van der Waals surface area contributed by atoms with Crippen LogP contribution in [0.5, 0.6) is 0 Å². The molecule has 4 nitrogen and oxygen atoms in total. The minimum absolute atomic E-state index is 0.0697. The van der Waals surface area contributed by atoms with Crippen LogP contribution in [0.3, 0.4) is 0 Å². The quantitative estimate of drug-likeness (QED) is 0.465. The van der Waals surface area contributed by atoms with Crippen molar-refractivity contribution in [2.45, 2.75) is 0 Å². The van der Waals surface area contributed by atoms with E-state index in [1.165, 1.54) is 11.1 Å². The van der Waals surface area contributed by atoms with Crippen LogP contribution in [0.4, 0.5) is 5.69 Å². The summed E-state index contributed by atoms with van der Waals surface area (Å²) in [4.78, 5) is 13.7. The molecule has 22 heavy (non-hydrogen) atoms. The SMILES string of the molecule is C=CCN(CC=C)C(=O)/C(C#N)=C\Nc1c(Cl)cccc1Cl. The van der Waals surface area contributed by atoms with E-state index < -0.39 is 5.91 Å². The lowest BCUT2D eigenvalue weighted by Crippen LogP contribution is -2.32. The van der Waals surface area contributed by atoms with E-state index in [0.717, 1.165) is 0 Å². The fourth-order valence-electron chi connectivity index (χ4n) is 1.64. The minimum atomic E-state index is -0.432. The molecule has 114 valence electrons. The number of nitrogens with one attached hydrogen (secondary N) is 1. The summed E-state index contributed by atoms with van der Waals surface area (Å²) in [5.74, 6) is -0.432. The van der Waals surface area contributed by atoms with Gasteiger partial charge < -0.3 is 10.2 Å². The highest BCUT2D eigenvalue weighted by Gasteiger charge is 2.16. The summed E-state index contributed by atoms with van der Waals surface area (Å²) in [6, 6.07) is 6.87. The maximum Gasteiger partial charge on any atom is 0.266 e. The number of anilines is 1. The lowest BCUT2D eigenvalue weighted by Gasteiger charge is -2.18. The monoisotopic (exact) mass is 335 g/mol. The zero-order chi connectivity index (χ0) is 16.5. The maximum absolute atomic E-state index is 12.3. The number of rotatable bonds is 7. The molecule has 6 heteroatoms. The number of nitrogens with zero attached hydrogens (tertiary/aromatic N) is 2. The van der Waals surface area contributed by atoms with Crippen LogP contribution in [-0.2, 0) is 4.79 Å². The second-order valence-corrected chi connectivity index (χ2v) is 5.01. The molecule has 0 spiro atoms. The zero-order valence-corrected chi connectivity index (χ0v) is 13.4. The Balaban J connectivity index is 3.00. The predicted molar refractivity (Wildman–Crippen MR) is 90.8 cm³/mol. The van der Waals surface area contributed by atoms with Crippen molar-refractivity contribution < 1.29 is 4.79 Å². The Morgan fingerprint density at radius 1 is 1.27 bits per heavy atom. The van der Waals surface area contributed by atoms with Crippen molar-refractivity contribution in [1.29, 1.82) is 5.26 Å². The second kappa shape index (κ2) is 8.93. The summed E-state index contributed by atoms with van der Waals surface area (Å²) in [7, 11) is 0. The Bertz CT molecular complexity index is 617. The van der Waals surface area contributed by atoms with Crippen molar-refractivity contribution in [1.82, 2.24) is 4.90 Å². The Morgan fingerprint density at radius 2 is 1.82 bits per heavy atom. The summed E-state index contributed by atoms with van der Waals surface area (Å²) in [6.07, 6.45) is 4.44. The molecule has 0 bridgehead atoms. The van der Waals surface area contributed by atoms with Gasteiger partial charge in [-0.1, -0.05) is 41.4 Å². The molecular formula is C16H15Cl2N3O. The van der Waals surface area contributed by atoms with Crippen LogP contribution in [0.1, 0.15) is 0 Å². The van der Waals surface area contributed by atoms with Gasteiger partial charge in [-0.2, -0.15) is 5.26 Å². The molecule has 0 aromatic heterocycles. The maximum atomic E-state index is 12.3. The van der Waals surface area contributed by atoms with Crippen molar-refractivity contribution in [2.75, 3.05) is 18.4 Å². The molecule has 0 radical (unpaired) electrons. The van der Waals surface area contributed by atoms with Gasteiger partial charge in [0.05, 0.1) is 15.7 Å². The van der Waals surface area contributed by atoms with Crippen LogP contribution in [0.15, 0.2) is 55.3 Å². The van der Waals surface area contributed by atoms with Gasteiger partial charge in [0.15, 0.2) is 0 Å². The molecule has 0 aliphatic rings. The van der Waals surface area contributed by atoms with Crippen LogP contribution >= 0.6 is 23.2 Å². The summed E-state index contributed by atoms with van der Waals surface area (Å²) in [6.45, 7) is 7.80. The highest BCUT2D eigenvalue weighted by atomic mass is 35.5. The van der Waals surface area contributed by atoms with Gasteiger partial charge in [-0.15, -0.1) is 13.2 Å². The molecule has 0 heterocycles. The van der Waals surface area contributed by atoms with Crippen LogP contribution in [0, 0.1) is 11.3 Å². The molecular weight excluding hydrogens is 321 g/mol. The number of halogens is 2. The van der Waals surface area contributed by atoms with E-state index in [1.807, 2.05) is 6.07 Å². The lowest BCUT2D eigenvalue weighted by molar-refractivity contribution is -0.125. The summed E-state index contributed by atoms with van der Waals surface area (Å²) in [5.41, 5.74) is 0.366. The van der Waals surface area contributed by atoms with Crippen molar-refractivity contribution in [2.24, 2.45) is 0 Å². The van der Waals surface area contributed by atoms with E-state index in [-0.39, 0.29) is 5.57 Å². The fourth-order valence-corrected chi connectivity index (χ4v) is 2.15. The first kappa shape index (κ1) is 17.8. The number of carbonyl (C=O) groups is 1. The zero-order valence-electron chi connectivity index (χ0n) is 11.9. The number of para-hydroxylation sites is 1.